The van der Waals surface area contributed by atoms with Gasteiger partial charge in [-0.3, -0.25) is 9.59 Å². The van der Waals surface area contributed by atoms with E-state index in [1.165, 1.54) is 13.3 Å². The van der Waals surface area contributed by atoms with Gasteiger partial charge in [0.05, 0.1) is 32.0 Å². The van der Waals surface area contributed by atoms with Crippen LogP contribution in [0.2, 0.25) is 0 Å². The molecule has 0 spiro atoms. The molecule has 0 bridgehead atoms. The Morgan fingerprint density at radius 2 is 1.74 bits per heavy atom. The molecule has 2 amide bonds. The molecular formula is C29H31N3O6. The Bertz CT molecular complexity index is 1290. The molecule has 3 aromatic rings. The van der Waals surface area contributed by atoms with Gasteiger partial charge in [0.25, 0.3) is 11.8 Å². The summed E-state index contributed by atoms with van der Waals surface area (Å²) in [6.07, 6.45) is 3.41. The average molecular weight is 518 g/mol. The minimum Gasteiger partial charge on any atom is -0.494 e. The largest absolute Gasteiger partial charge is 0.494 e. The molecule has 0 radical (unpaired) electrons. The monoisotopic (exact) mass is 517 g/mol. The van der Waals surface area contributed by atoms with Crippen LogP contribution in [0, 0.1) is 6.92 Å². The van der Waals surface area contributed by atoms with Crippen LogP contribution in [0.5, 0.6) is 17.2 Å². The number of esters is 1. The smallest absolute Gasteiger partial charge is 0.343 e. The van der Waals surface area contributed by atoms with E-state index in [9.17, 15) is 14.4 Å². The van der Waals surface area contributed by atoms with Crippen molar-refractivity contribution in [3.8, 4) is 17.2 Å². The molecule has 3 aromatic carbocycles. The number of methoxy groups -OCH3 is 1. The summed E-state index contributed by atoms with van der Waals surface area (Å²) in [6, 6.07) is 18.7. The first-order chi connectivity index (χ1) is 18.4. The Morgan fingerprint density at radius 3 is 2.45 bits per heavy atom. The van der Waals surface area contributed by atoms with Crippen LogP contribution in [0.4, 0.5) is 0 Å². The highest BCUT2D eigenvalue weighted by atomic mass is 16.6. The summed E-state index contributed by atoms with van der Waals surface area (Å²) in [4.78, 5) is 36.8. The molecule has 2 N–H and O–H groups in total. The van der Waals surface area contributed by atoms with Gasteiger partial charge in [-0.25, -0.2) is 10.2 Å². The maximum atomic E-state index is 12.6. The summed E-state index contributed by atoms with van der Waals surface area (Å²) in [5.41, 5.74) is 4.65. The molecule has 38 heavy (non-hydrogen) atoms. The fraction of sp³-hybridized carbons (Fsp3) is 0.241. The lowest BCUT2D eigenvalue weighted by Gasteiger charge is -2.10. The zero-order valence-corrected chi connectivity index (χ0v) is 21.7. The number of benzene rings is 3. The lowest BCUT2D eigenvalue weighted by molar-refractivity contribution is -0.120. The number of nitrogens with one attached hydrogen (secondary N) is 2. The van der Waals surface area contributed by atoms with Crippen LogP contribution < -0.4 is 25.0 Å². The quantitative estimate of drug-likeness (QED) is 0.122. The first-order valence-electron chi connectivity index (χ1n) is 12.2. The van der Waals surface area contributed by atoms with Crippen molar-refractivity contribution < 1.29 is 28.6 Å². The maximum Gasteiger partial charge on any atom is 0.343 e. The molecule has 3 rings (SSSR count). The van der Waals surface area contributed by atoms with Crippen molar-refractivity contribution in [1.82, 2.24) is 10.7 Å². The van der Waals surface area contributed by atoms with Gasteiger partial charge < -0.3 is 19.5 Å². The summed E-state index contributed by atoms with van der Waals surface area (Å²) in [5.74, 6) is -0.114. The Balaban J connectivity index is 1.52. The number of amides is 2. The van der Waals surface area contributed by atoms with E-state index >= 15 is 0 Å². The molecule has 9 heteroatoms. The number of ether oxygens (including phenoxy) is 3. The van der Waals surface area contributed by atoms with Crippen LogP contribution >= 0.6 is 0 Å². The molecule has 0 aliphatic rings. The molecule has 0 saturated heterocycles. The molecular weight excluding hydrogens is 486 g/mol. The van der Waals surface area contributed by atoms with Crippen LogP contribution in [0.3, 0.4) is 0 Å². The second kappa shape index (κ2) is 14.2. The standard InChI is InChI=1S/C29H31N3O6/c1-4-5-16-37-23-13-11-22(12-14-23)29(35)38-25-15-10-21(17-26(25)36-3)18-31-32-27(33)19-30-28(34)24-9-7-6-8-20(24)2/h6-15,17-18H,4-5,16,19H2,1-3H3,(H,30,34)(H,32,33). The Hall–Kier alpha value is -4.66. The second-order valence-corrected chi connectivity index (χ2v) is 8.32. The lowest BCUT2D eigenvalue weighted by atomic mass is 10.1. The van der Waals surface area contributed by atoms with Gasteiger partial charge in [0.2, 0.25) is 0 Å². The molecule has 9 nitrogen and oxygen atoms in total. The molecule has 0 saturated carbocycles. The van der Waals surface area contributed by atoms with Crippen molar-refractivity contribution in [3.63, 3.8) is 0 Å². The molecule has 0 unspecified atom stereocenters. The predicted octanol–water partition coefficient (Wildman–Crippen LogP) is 4.28. The van der Waals surface area contributed by atoms with Gasteiger partial charge in [0, 0.05) is 5.56 Å². The van der Waals surface area contributed by atoms with Crippen LogP contribution in [-0.4, -0.2) is 44.3 Å². The Kier molecular flexibility index (Phi) is 10.4. The summed E-state index contributed by atoms with van der Waals surface area (Å²) in [6.45, 7) is 4.31. The normalized spacial score (nSPS) is 10.6. The van der Waals surface area contributed by atoms with Crippen molar-refractivity contribution in [2.24, 2.45) is 5.10 Å². The molecule has 0 atom stereocenters. The van der Waals surface area contributed by atoms with Crippen LogP contribution in [-0.2, 0) is 4.79 Å². The van der Waals surface area contributed by atoms with Crippen LogP contribution in [0.25, 0.3) is 0 Å². The SMILES string of the molecule is CCCCOc1ccc(C(=O)Oc2ccc(C=NNC(=O)CNC(=O)c3ccccc3C)cc2OC)cc1. The van der Waals surface area contributed by atoms with E-state index < -0.39 is 11.9 Å². The van der Waals surface area contributed by atoms with Gasteiger partial charge in [0.15, 0.2) is 11.5 Å². The van der Waals surface area contributed by atoms with Crippen molar-refractivity contribution in [2.45, 2.75) is 26.7 Å². The van der Waals surface area contributed by atoms with Gasteiger partial charge in [0.1, 0.15) is 5.75 Å². The summed E-state index contributed by atoms with van der Waals surface area (Å²) < 4.78 is 16.5. The molecule has 0 aliphatic heterocycles. The summed E-state index contributed by atoms with van der Waals surface area (Å²) >= 11 is 0. The van der Waals surface area contributed by atoms with E-state index in [4.69, 9.17) is 14.2 Å². The summed E-state index contributed by atoms with van der Waals surface area (Å²) in [7, 11) is 1.45. The number of hydrogen-bond donors (Lipinski definition) is 2. The van der Waals surface area contributed by atoms with E-state index in [0.29, 0.717) is 34.8 Å². The number of nitrogens with zero attached hydrogens (tertiary/aromatic N) is 1. The molecule has 0 heterocycles. The number of rotatable bonds is 12. The van der Waals surface area contributed by atoms with Crippen LogP contribution in [0.1, 0.15) is 51.6 Å². The zero-order valence-electron chi connectivity index (χ0n) is 21.7. The Morgan fingerprint density at radius 1 is 0.974 bits per heavy atom. The lowest BCUT2D eigenvalue weighted by Crippen LogP contribution is -2.35. The highest BCUT2D eigenvalue weighted by molar-refractivity contribution is 5.97. The van der Waals surface area contributed by atoms with Gasteiger partial charge in [-0.15, -0.1) is 0 Å². The number of carbonyl (C=O) groups excluding carboxylic acids is 3. The van der Waals surface area contributed by atoms with Crippen molar-refractivity contribution in [2.75, 3.05) is 20.3 Å². The third kappa shape index (κ3) is 8.19. The van der Waals surface area contributed by atoms with Crippen molar-refractivity contribution in [3.05, 3.63) is 89.0 Å². The minimum absolute atomic E-state index is 0.228. The maximum absolute atomic E-state index is 12.6. The number of hydrazone groups is 1. The van der Waals surface area contributed by atoms with Crippen molar-refractivity contribution >= 4 is 24.0 Å². The third-order valence-electron chi connectivity index (χ3n) is 5.45. The fourth-order valence-electron chi connectivity index (χ4n) is 3.33. The first kappa shape index (κ1) is 27.9. The summed E-state index contributed by atoms with van der Waals surface area (Å²) in [5, 5.41) is 6.47. The van der Waals surface area contributed by atoms with Gasteiger partial charge >= 0.3 is 5.97 Å². The Labute approximate surface area is 221 Å². The van der Waals surface area contributed by atoms with Crippen molar-refractivity contribution in [1.29, 1.82) is 0 Å². The topological polar surface area (TPSA) is 115 Å². The minimum atomic E-state index is -0.537. The van der Waals surface area contributed by atoms with E-state index in [1.54, 1.807) is 54.6 Å². The first-order valence-corrected chi connectivity index (χ1v) is 12.2. The van der Waals surface area contributed by atoms with E-state index in [0.717, 1.165) is 18.4 Å². The third-order valence-corrected chi connectivity index (χ3v) is 5.45. The molecule has 0 fully saturated rings. The second-order valence-electron chi connectivity index (χ2n) is 8.32. The van der Waals surface area contributed by atoms with Gasteiger partial charge in [-0.2, -0.15) is 5.10 Å². The molecule has 198 valence electrons. The molecule has 0 aliphatic carbocycles. The number of hydrogen-bond acceptors (Lipinski definition) is 7. The number of aryl methyl sites for hydroxylation is 1. The van der Waals surface area contributed by atoms with Gasteiger partial charge in [-0.05, 0) is 73.0 Å². The molecule has 0 aromatic heterocycles. The van der Waals surface area contributed by atoms with Crippen LogP contribution in [0.15, 0.2) is 71.8 Å². The highest BCUT2D eigenvalue weighted by Crippen LogP contribution is 2.28. The highest BCUT2D eigenvalue weighted by Gasteiger charge is 2.13. The van der Waals surface area contributed by atoms with E-state index in [2.05, 4.69) is 22.8 Å². The zero-order chi connectivity index (χ0) is 27.3. The number of unbranched alkanes of at least 4 members (excludes halogenated alkanes) is 1. The number of carbonyl (C=O) groups is 3. The fourth-order valence-corrected chi connectivity index (χ4v) is 3.33. The van der Waals surface area contributed by atoms with Gasteiger partial charge in [-0.1, -0.05) is 31.5 Å². The van der Waals surface area contributed by atoms with E-state index in [-0.39, 0.29) is 18.2 Å². The average Bonchev–Trinajstić information content (AvgIpc) is 2.93. The predicted molar refractivity (Wildman–Crippen MR) is 144 cm³/mol. The van der Waals surface area contributed by atoms with E-state index in [1.807, 2.05) is 19.1 Å².